The summed E-state index contributed by atoms with van der Waals surface area (Å²) < 4.78 is 14.3. The van der Waals surface area contributed by atoms with Crippen molar-refractivity contribution in [3.63, 3.8) is 0 Å². The number of likely N-dealkylation sites (N-methyl/N-ethyl adjacent to an activating group) is 1. The molecule has 1 N–H and O–H groups in total. The SMILES string of the molecule is CCNC(Cc1ccc(Br)s1)c1ccc(F)c(Cl)c1. The third kappa shape index (κ3) is 4.02. The highest BCUT2D eigenvalue weighted by atomic mass is 79.9. The average molecular weight is 363 g/mol. The number of halogens is 3. The summed E-state index contributed by atoms with van der Waals surface area (Å²) in [5.41, 5.74) is 1.01. The van der Waals surface area contributed by atoms with Crippen LogP contribution in [-0.4, -0.2) is 6.54 Å². The smallest absolute Gasteiger partial charge is 0.141 e. The van der Waals surface area contributed by atoms with Crippen molar-refractivity contribution in [1.29, 1.82) is 0 Å². The summed E-state index contributed by atoms with van der Waals surface area (Å²) in [6.45, 7) is 2.91. The van der Waals surface area contributed by atoms with Crippen molar-refractivity contribution in [1.82, 2.24) is 5.32 Å². The standard InChI is InChI=1S/C14H14BrClFNS/c1-2-18-13(8-10-4-6-14(15)19-10)9-3-5-12(17)11(16)7-9/h3-7,13,18H,2,8H2,1H3. The lowest BCUT2D eigenvalue weighted by molar-refractivity contribution is 0.551. The van der Waals surface area contributed by atoms with E-state index in [2.05, 4.69) is 34.2 Å². The van der Waals surface area contributed by atoms with E-state index in [0.717, 1.165) is 22.3 Å². The van der Waals surface area contributed by atoms with Crippen LogP contribution in [0.5, 0.6) is 0 Å². The molecule has 0 fully saturated rings. The molecule has 0 aliphatic rings. The van der Waals surface area contributed by atoms with Gasteiger partial charge in [-0.25, -0.2) is 4.39 Å². The molecule has 0 saturated heterocycles. The maximum Gasteiger partial charge on any atom is 0.141 e. The molecule has 2 aromatic rings. The molecule has 0 aliphatic carbocycles. The van der Waals surface area contributed by atoms with E-state index in [0.29, 0.717) is 0 Å². The second kappa shape index (κ2) is 6.84. The van der Waals surface area contributed by atoms with Gasteiger partial charge in [0.05, 0.1) is 8.81 Å². The highest BCUT2D eigenvalue weighted by molar-refractivity contribution is 9.11. The lowest BCUT2D eigenvalue weighted by Gasteiger charge is -2.18. The van der Waals surface area contributed by atoms with Crippen LogP contribution >= 0.6 is 38.9 Å². The van der Waals surface area contributed by atoms with Gasteiger partial charge in [-0.3, -0.25) is 0 Å². The lowest BCUT2D eigenvalue weighted by Crippen LogP contribution is -2.22. The second-order valence-corrected chi connectivity index (χ2v) is 7.15. The fourth-order valence-electron chi connectivity index (χ4n) is 1.95. The fourth-order valence-corrected chi connectivity index (χ4v) is 3.66. The first-order valence-electron chi connectivity index (χ1n) is 6.02. The Morgan fingerprint density at radius 1 is 1.37 bits per heavy atom. The molecule has 0 saturated carbocycles. The molecule has 1 heterocycles. The van der Waals surface area contributed by atoms with Gasteiger partial charge in [0.25, 0.3) is 0 Å². The maximum absolute atomic E-state index is 13.2. The van der Waals surface area contributed by atoms with E-state index in [1.54, 1.807) is 23.5 Å². The van der Waals surface area contributed by atoms with E-state index in [1.807, 2.05) is 6.07 Å². The topological polar surface area (TPSA) is 12.0 Å². The van der Waals surface area contributed by atoms with E-state index >= 15 is 0 Å². The van der Waals surface area contributed by atoms with Crippen molar-refractivity contribution < 1.29 is 4.39 Å². The Bertz CT molecular complexity index is 558. The zero-order valence-corrected chi connectivity index (χ0v) is 13.6. The van der Waals surface area contributed by atoms with E-state index < -0.39 is 0 Å². The first-order chi connectivity index (χ1) is 9.10. The van der Waals surface area contributed by atoms with E-state index in [1.165, 1.54) is 10.9 Å². The summed E-state index contributed by atoms with van der Waals surface area (Å²) in [6.07, 6.45) is 0.867. The predicted molar refractivity (Wildman–Crippen MR) is 83.6 cm³/mol. The number of benzene rings is 1. The van der Waals surface area contributed by atoms with Gasteiger partial charge in [-0.1, -0.05) is 24.6 Å². The molecule has 1 nitrogen and oxygen atoms in total. The van der Waals surface area contributed by atoms with Gasteiger partial charge in [-0.15, -0.1) is 11.3 Å². The highest BCUT2D eigenvalue weighted by Gasteiger charge is 2.14. The summed E-state index contributed by atoms with van der Waals surface area (Å²) in [7, 11) is 0. The van der Waals surface area contributed by atoms with Gasteiger partial charge in [0, 0.05) is 17.3 Å². The Morgan fingerprint density at radius 2 is 2.16 bits per heavy atom. The molecule has 1 atom stereocenters. The second-order valence-electron chi connectivity index (χ2n) is 4.19. The Hall–Kier alpha value is -0.420. The number of thiophene rings is 1. The summed E-state index contributed by atoms with van der Waals surface area (Å²) in [6, 6.07) is 9.20. The molecule has 1 aromatic carbocycles. The molecule has 19 heavy (non-hydrogen) atoms. The van der Waals surface area contributed by atoms with Crippen LogP contribution in [0, 0.1) is 5.82 Å². The van der Waals surface area contributed by atoms with Crippen LogP contribution in [0.15, 0.2) is 34.1 Å². The van der Waals surface area contributed by atoms with Gasteiger partial charge >= 0.3 is 0 Å². The zero-order chi connectivity index (χ0) is 13.8. The maximum atomic E-state index is 13.2. The van der Waals surface area contributed by atoms with E-state index in [9.17, 15) is 4.39 Å². The first-order valence-corrected chi connectivity index (χ1v) is 8.01. The number of nitrogens with one attached hydrogen (secondary N) is 1. The average Bonchev–Trinajstić information content (AvgIpc) is 2.78. The van der Waals surface area contributed by atoms with Crippen LogP contribution in [0.2, 0.25) is 5.02 Å². The van der Waals surface area contributed by atoms with Crippen LogP contribution in [0.25, 0.3) is 0 Å². The van der Waals surface area contributed by atoms with Gasteiger partial charge in [0.1, 0.15) is 5.82 Å². The van der Waals surface area contributed by atoms with Crippen LogP contribution in [0.3, 0.4) is 0 Å². The van der Waals surface area contributed by atoms with Crippen molar-refractivity contribution in [2.75, 3.05) is 6.54 Å². The zero-order valence-electron chi connectivity index (χ0n) is 10.4. The Labute approximate surface area is 129 Å². The molecule has 0 amide bonds. The van der Waals surface area contributed by atoms with Crippen LogP contribution < -0.4 is 5.32 Å². The number of hydrogen-bond acceptors (Lipinski definition) is 2. The summed E-state index contributed by atoms with van der Waals surface area (Å²) >= 11 is 11.0. The Morgan fingerprint density at radius 3 is 2.74 bits per heavy atom. The molecule has 0 radical (unpaired) electrons. The lowest BCUT2D eigenvalue weighted by atomic mass is 10.0. The van der Waals surface area contributed by atoms with Gasteiger partial charge in [-0.05, 0) is 52.3 Å². The monoisotopic (exact) mass is 361 g/mol. The van der Waals surface area contributed by atoms with Crippen LogP contribution in [-0.2, 0) is 6.42 Å². The normalized spacial score (nSPS) is 12.6. The van der Waals surface area contributed by atoms with E-state index in [4.69, 9.17) is 11.6 Å². The van der Waals surface area contributed by atoms with Gasteiger partial charge in [-0.2, -0.15) is 0 Å². The minimum Gasteiger partial charge on any atom is -0.310 e. The minimum atomic E-state index is -0.375. The molecule has 102 valence electrons. The third-order valence-corrected chi connectivity index (χ3v) is 4.77. The molecular formula is C14H14BrClFNS. The minimum absolute atomic E-state index is 0.147. The van der Waals surface area contributed by atoms with Gasteiger partial charge in [0.2, 0.25) is 0 Å². The molecule has 0 aliphatic heterocycles. The van der Waals surface area contributed by atoms with Crippen LogP contribution in [0.4, 0.5) is 4.39 Å². The predicted octanol–water partition coefficient (Wildman–Crippen LogP) is 5.20. The third-order valence-electron chi connectivity index (χ3n) is 2.83. The molecule has 1 unspecified atom stereocenters. The van der Waals surface area contributed by atoms with Crippen LogP contribution in [0.1, 0.15) is 23.4 Å². The highest BCUT2D eigenvalue weighted by Crippen LogP contribution is 2.28. The quantitative estimate of drug-likeness (QED) is 0.771. The molecule has 0 bridgehead atoms. The Balaban J connectivity index is 2.21. The fraction of sp³-hybridized carbons (Fsp3) is 0.286. The number of hydrogen-bond donors (Lipinski definition) is 1. The molecular weight excluding hydrogens is 349 g/mol. The molecule has 2 rings (SSSR count). The Kier molecular flexibility index (Phi) is 5.39. The number of rotatable bonds is 5. The summed E-state index contributed by atoms with van der Waals surface area (Å²) in [5.74, 6) is -0.375. The molecule has 5 heteroatoms. The largest absolute Gasteiger partial charge is 0.310 e. The van der Waals surface area contributed by atoms with Crippen molar-refractivity contribution in [3.05, 3.63) is 55.4 Å². The van der Waals surface area contributed by atoms with Crippen molar-refractivity contribution in [2.24, 2.45) is 0 Å². The summed E-state index contributed by atoms with van der Waals surface area (Å²) in [5, 5.41) is 3.59. The van der Waals surface area contributed by atoms with E-state index in [-0.39, 0.29) is 16.9 Å². The molecule has 0 spiro atoms. The van der Waals surface area contributed by atoms with Gasteiger partial charge < -0.3 is 5.32 Å². The van der Waals surface area contributed by atoms with Crippen molar-refractivity contribution >= 4 is 38.9 Å². The van der Waals surface area contributed by atoms with Gasteiger partial charge in [0.15, 0.2) is 0 Å². The van der Waals surface area contributed by atoms with Crippen molar-refractivity contribution in [2.45, 2.75) is 19.4 Å². The van der Waals surface area contributed by atoms with Crippen molar-refractivity contribution in [3.8, 4) is 0 Å². The molecule has 1 aromatic heterocycles. The first kappa shape index (κ1) is 15.0. The summed E-state index contributed by atoms with van der Waals surface area (Å²) in [4.78, 5) is 1.28.